The van der Waals surface area contributed by atoms with Gasteiger partial charge in [0.2, 0.25) is 5.91 Å². The van der Waals surface area contributed by atoms with E-state index in [0.29, 0.717) is 28.3 Å². The molecule has 0 aliphatic carbocycles. The van der Waals surface area contributed by atoms with Crippen molar-refractivity contribution < 1.29 is 19.1 Å². The van der Waals surface area contributed by atoms with Gasteiger partial charge in [-0.3, -0.25) is 14.6 Å². The van der Waals surface area contributed by atoms with Crippen LogP contribution < -0.4 is 10.6 Å². The number of nitrogens with zero attached hydrogens (tertiary/aromatic N) is 2. The molecule has 1 atom stereocenters. The van der Waals surface area contributed by atoms with Crippen LogP contribution in [0.5, 0.6) is 0 Å². The fourth-order valence-corrected chi connectivity index (χ4v) is 3.06. The number of hydrogen-bond donors (Lipinski definition) is 2. The highest BCUT2D eigenvalue weighted by Crippen LogP contribution is 2.28. The summed E-state index contributed by atoms with van der Waals surface area (Å²) < 4.78 is 4.72. The molecule has 31 heavy (non-hydrogen) atoms. The molecule has 162 valence electrons. The van der Waals surface area contributed by atoms with E-state index in [0.717, 1.165) is 0 Å². The van der Waals surface area contributed by atoms with Crippen LogP contribution in [0.1, 0.15) is 41.0 Å². The third-order valence-electron chi connectivity index (χ3n) is 4.36. The summed E-state index contributed by atoms with van der Waals surface area (Å²) >= 11 is 6.24. The van der Waals surface area contributed by atoms with Gasteiger partial charge < -0.3 is 15.4 Å². The van der Waals surface area contributed by atoms with Crippen molar-refractivity contribution >= 4 is 29.4 Å². The summed E-state index contributed by atoms with van der Waals surface area (Å²) in [5.41, 5.74) is 1.57. The zero-order valence-corrected chi connectivity index (χ0v) is 18.2. The minimum Gasteiger partial charge on any atom is -0.465 e. The fourth-order valence-electron chi connectivity index (χ4n) is 2.85. The molecule has 1 unspecified atom stereocenters. The van der Waals surface area contributed by atoms with Crippen molar-refractivity contribution in [1.29, 1.82) is 5.26 Å². The predicted molar refractivity (Wildman–Crippen MR) is 115 cm³/mol. The van der Waals surface area contributed by atoms with Crippen LogP contribution in [-0.2, 0) is 9.53 Å². The van der Waals surface area contributed by atoms with Gasteiger partial charge in [-0.05, 0) is 42.7 Å². The van der Waals surface area contributed by atoms with Crippen molar-refractivity contribution in [2.45, 2.75) is 26.3 Å². The number of pyridine rings is 1. The van der Waals surface area contributed by atoms with Gasteiger partial charge in [0.05, 0.1) is 35.0 Å². The molecule has 0 saturated carbocycles. The van der Waals surface area contributed by atoms with E-state index in [9.17, 15) is 14.4 Å². The minimum absolute atomic E-state index is 0.134. The molecule has 1 aromatic carbocycles. The second-order valence-electron chi connectivity index (χ2n) is 7.15. The summed E-state index contributed by atoms with van der Waals surface area (Å²) in [6, 6.07) is 8.90. The Morgan fingerprint density at radius 3 is 2.48 bits per heavy atom. The zero-order valence-electron chi connectivity index (χ0n) is 17.4. The lowest BCUT2D eigenvalue weighted by Crippen LogP contribution is -2.47. The fraction of sp³-hybridized carbons (Fsp3) is 0.318. The van der Waals surface area contributed by atoms with Gasteiger partial charge in [-0.15, -0.1) is 0 Å². The van der Waals surface area contributed by atoms with Gasteiger partial charge in [-0.2, -0.15) is 5.26 Å². The first-order chi connectivity index (χ1) is 14.8. The highest BCUT2D eigenvalue weighted by Gasteiger charge is 2.22. The number of aromatic nitrogens is 1. The third-order valence-corrected chi connectivity index (χ3v) is 4.69. The molecule has 8 nitrogen and oxygen atoms in total. The van der Waals surface area contributed by atoms with Crippen molar-refractivity contribution in [2.24, 2.45) is 5.92 Å². The molecule has 9 heteroatoms. The van der Waals surface area contributed by atoms with Gasteiger partial charge in [-0.1, -0.05) is 25.4 Å². The van der Waals surface area contributed by atoms with Crippen LogP contribution in [0.15, 0.2) is 36.5 Å². The summed E-state index contributed by atoms with van der Waals surface area (Å²) in [6.07, 6.45) is 1.79. The molecule has 2 aromatic rings. The zero-order chi connectivity index (χ0) is 23.0. The average Bonchev–Trinajstić information content (AvgIpc) is 2.76. The highest BCUT2D eigenvalue weighted by atomic mass is 35.5. The first-order valence-corrected chi connectivity index (χ1v) is 9.94. The lowest BCUT2D eigenvalue weighted by Gasteiger charge is -2.19. The molecule has 0 aliphatic heterocycles. The Hall–Kier alpha value is -3.44. The smallest absolute Gasteiger partial charge is 0.337 e. The van der Waals surface area contributed by atoms with E-state index in [2.05, 4.69) is 15.6 Å². The van der Waals surface area contributed by atoms with Crippen molar-refractivity contribution in [3.63, 3.8) is 0 Å². The molecular formula is C22H23ClN4O4. The van der Waals surface area contributed by atoms with Gasteiger partial charge in [0.25, 0.3) is 5.91 Å². The first-order valence-electron chi connectivity index (χ1n) is 9.56. The number of amides is 2. The van der Waals surface area contributed by atoms with E-state index in [4.69, 9.17) is 21.6 Å². The second kappa shape index (κ2) is 11.1. The maximum Gasteiger partial charge on any atom is 0.337 e. The van der Waals surface area contributed by atoms with Crippen molar-refractivity contribution in [1.82, 2.24) is 15.6 Å². The van der Waals surface area contributed by atoms with E-state index < -0.39 is 23.8 Å². The number of ether oxygens (including phenoxy) is 1. The lowest BCUT2D eigenvalue weighted by atomic mass is 10.0. The maximum atomic E-state index is 12.6. The molecule has 0 aliphatic rings. The maximum absolute atomic E-state index is 12.6. The van der Waals surface area contributed by atoms with Gasteiger partial charge in [0.1, 0.15) is 12.6 Å². The minimum atomic E-state index is -0.772. The molecule has 2 N–H and O–H groups in total. The van der Waals surface area contributed by atoms with Gasteiger partial charge in [0.15, 0.2) is 0 Å². The van der Waals surface area contributed by atoms with Crippen molar-refractivity contribution in [2.75, 3.05) is 13.7 Å². The van der Waals surface area contributed by atoms with Crippen molar-refractivity contribution in [3.8, 4) is 17.3 Å². The molecule has 0 saturated heterocycles. The Labute approximate surface area is 185 Å². The van der Waals surface area contributed by atoms with Crippen LogP contribution in [0.2, 0.25) is 5.02 Å². The van der Waals surface area contributed by atoms with Gasteiger partial charge in [-0.25, -0.2) is 4.79 Å². The Kier molecular flexibility index (Phi) is 8.53. The Bertz CT molecular complexity index is 1000. The highest BCUT2D eigenvalue weighted by molar-refractivity contribution is 6.33. The number of nitrogens with one attached hydrogen (secondary N) is 2. The van der Waals surface area contributed by atoms with Crippen LogP contribution in [-0.4, -0.2) is 42.5 Å². The monoisotopic (exact) mass is 442 g/mol. The first kappa shape index (κ1) is 23.8. The van der Waals surface area contributed by atoms with Crippen LogP contribution >= 0.6 is 11.6 Å². The normalized spacial score (nSPS) is 11.4. The number of carbonyl (C=O) groups excluding carboxylic acids is 3. The molecule has 1 heterocycles. The topological polar surface area (TPSA) is 121 Å². The Morgan fingerprint density at radius 1 is 1.19 bits per heavy atom. The summed E-state index contributed by atoms with van der Waals surface area (Å²) in [4.78, 5) is 40.9. The number of carbonyl (C=O) groups is 3. The molecule has 0 spiro atoms. The molecule has 0 bridgehead atoms. The molecular weight excluding hydrogens is 420 g/mol. The number of methoxy groups -OCH3 is 1. The van der Waals surface area contributed by atoms with E-state index in [1.54, 1.807) is 30.3 Å². The predicted octanol–water partition coefficient (Wildman–Crippen LogP) is 2.97. The van der Waals surface area contributed by atoms with Crippen LogP contribution in [0, 0.1) is 17.2 Å². The molecule has 0 fully saturated rings. The number of esters is 1. The summed E-state index contributed by atoms with van der Waals surface area (Å²) in [5, 5.41) is 14.2. The number of hydrogen-bond acceptors (Lipinski definition) is 6. The third kappa shape index (κ3) is 6.52. The van der Waals surface area contributed by atoms with Gasteiger partial charge in [0, 0.05) is 11.8 Å². The van der Waals surface area contributed by atoms with Crippen LogP contribution in [0.3, 0.4) is 0 Å². The lowest BCUT2D eigenvalue weighted by molar-refractivity contribution is -0.123. The summed E-state index contributed by atoms with van der Waals surface area (Å²) in [7, 11) is 1.29. The summed E-state index contributed by atoms with van der Waals surface area (Å²) in [6.45, 7) is 3.73. The SMILES string of the molecule is COC(=O)c1ccc(Cl)c(-c2ccc(C(=O)NC(CC(C)C)C(=O)NCC#N)cn2)c1. The number of benzene rings is 1. The standard InChI is InChI=1S/C22H23ClN4O4/c1-13(2)10-19(21(29)25-9-8-24)27-20(28)15-5-7-18(26-12-15)16-11-14(22(30)31-3)4-6-17(16)23/h4-7,11-13,19H,9-10H2,1-3H3,(H,25,29)(H,27,28). The molecule has 0 radical (unpaired) electrons. The second-order valence-corrected chi connectivity index (χ2v) is 7.56. The Balaban J connectivity index is 2.20. The Morgan fingerprint density at radius 2 is 1.90 bits per heavy atom. The van der Waals surface area contributed by atoms with E-state index in [-0.39, 0.29) is 18.0 Å². The summed E-state index contributed by atoms with van der Waals surface area (Å²) in [5.74, 6) is -1.23. The van der Waals surface area contributed by atoms with E-state index >= 15 is 0 Å². The average molecular weight is 443 g/mol. The molecule has 2 rings (SSSR count). The van der Waals surface area contributed by atoms with E-state index in [1.165, 1.54) is 13.3 Å². The number of rotatable bonds is 8. The van der Waals surface area contributed by atoms with Crippen LogP contribution in [0.4, 0.5) is 0 Å². The molecule has 1 aromatic heterocycles. The van der Waals surface area contributed by atoms with E-state index in [1.807, 2.05) is 19.9 Å². The van der Waals surface area contributed by atoms with Crippen molar-refractivity contribution in [3.05, 3.63) is 52.7 Å². The molecule has 2 amide bonds. The largest absolute Gasteiger partial charge is 0.465 e. The number of nitriles is 1. The van der Waals surface area contributed by atoms with Gasteiger partial charge >= 0.3 is 5.97 Å². The number of halogens is 1. The quantitative estimate of drug-likeness (QED) is 0.478. The van der Waals surface area contributed by atoms with Crippen LogP contribution in [0.25, 0.3) is 11.3 Å².